The molecule has 20 heavy (non-hydrogen) atoms. The molecule has 2 aliphatic rings. The molecule has 0 unspecified atom stereocenters. The second kappa shape index (κ2) is 8.35. The molecular formula is C17H35N3. The van der Waals surface area contributed by atoms with Crippen LogP contribution in [0, 0.1) is 5.41 Å². The average Bonchev–Trinajstić information content (AvgIpc) is 2.85. The molecule has 0 aromatic rings. The van der Waals surface area contributed by atoms with Crippen LogP contribution in [0.25, 0.3) is 0 Å². The molecule has 0 radical (unpaired) electrons. The first-order chi connectivity index (χ1) is 9.74. The quantitative estimate of drug-likeness (QED) is 0.724. The number of rotatable bonds is 7. The van der Waals surface area contributed by atoms with E-state index >= 15 is 0 Å². The minimum Gasteiger partial charge on any atom is -0.319 e. The van der Waals surface area contributed by atoms with E-state index in [1.807, 2.05) is 0 Å². The summed E-state index contributed by atoms with van der Waals surface area (Å²) < 4.78 is 0. The zero-order chi connectivity index (χ0) is 14.3. The van der Waals surface area contributed by atoms with Crippen LogP contribution in [-0.2, 0) is 0 Å². The Kier molecular flexibility index (Phi) is 6.79. The molecule has 2 rings (SSSR count). The van der Waals surface area contributed by atoms with Gasteiger partial charge in [-0.15, -0.1) is 0 Å². The molecule has 1 saturated carbocycles. The first-order valence-electron chi connectivity index (χ1n) is 8.80. The summed E-state index contributed by atoms with van der Waals surface area (Å²) in [4.78, 5) is 5.23. The molecule has 118 valence electrons. The van der Waals surface area contributed by atoms with Gasteiger partial charge in [0.1, 0.15) is 0 Å². The standard InChI is InChI=1S/C17H35N3/c1-18-15-17(9-5-3-4-6-10-17)16-19(2)13-14-20-11-7-8-12-20/h18H,3-16H2,1-2H3. The summed E-state index contributed by atoms with van der Waals surface area (Å²) in [7, 11) is 4.45. The number of hydrogen-bond acceptors (Lipinski definition) is 3. The van der Waals surface area contributed by atoms with Gasteiger partial charge in [-0.2, -0.15) is 0 Å². The van der Waals surface area contributed by atoms with Crippen LogP contribution in [0.1, 0.15) is 51.4 Å². The van der Waals surface area contributed by atoms with Crippen molar-refractivity contribution in [3.8, 4) is 0 Å². The summed E-state index contributed by atoms with van der Waals surface area (Å²) in [5.41, 5.74) is 0.533. The fraction of sp³-hybridized carbons (Fsp3) is 1.00. The lowest BCUT2D eigenvalue weighted by Crippen LogP contribution is -2.44. The van der Waals surface area contributed by atoms with Crippen LogP contribution in [0.4, 0.5) is 0 Å². The number of hydrogen-bond donors (Lipinski definition) is 1. The zero-order valence-electron chi connectivity index (χ0n) is 13.8. The highest BCUT2D eigenvalue weighted by Crippen LogP contribution is 2.35. The molecule has 0 aromatic carbocycles. The number of nitrogens with one attached hydrogen (secondary N) is 1. The first kappa shape index (κ1) is 16.3. The molecule has 1 saturated heterocycles. The van der Waals surface area contributed by atoms with Gasteiger partial charge in [0, 0.05) is 26.2 Å². The van der Waals surface area contributed by atoms with E-state index in [4.69, 9.17) is 0 Å². The second-order valence-corrected chi connectivity index (χ2v) is 7.23. The van der Waals surface area contributed by atoms with Crippen molar-refractivity contribution in [1.29, 1.82) is 0 Å². The van der Waals surface area contributed by atoms with E-state index in [0.29, 0.717) is 5.41 Å². The van der Waals surface area contributed by atoms with Crippen LogP contribution in [0.5, 0.6) is 0 Å². The van der Waals surface area contributed by atoms with Gasteiger partial charge >= 0.3 is 0 Å². The maximum absolute atomic E-state index is 3.47. The Morgan fingerprint density at radius 1 is 1.00 bits per heavy atom. The Balaban J connectivity index is 1.79. The van der Waals surface area contributed by atoms with Crippen molar-refractivity contribution in [2.24, 2.45) is 5.41 Å². The van der Waals surface area contributed by atoms with Gasteiger partial charge in [-0.1, -0.05) is 25.7 Å². The Morgan fingerprint density at radius 3 is 2.25 bits per heavy atom. The van der Waals surface area contributed by atoms with E-state index in [1.165, 1.54) is 90.6 Å². The van der Waals surface area contributed by atoms with Crippen molar-refractivity contribution in [2.45, 2.75) is 51.4 Å². The Morgan fingerprint density at radius 2 is 1.65 bits per heavy atom. The van der Waals surface area contributed by atoms with E-state index in [0.717, 1.165) is 0 Å². The lowest BCUT2D eigenvalue weighted by molar-refractivity contribution is 0.139. The fourth-order valence-corrected chi connectivity index (χ4v) is 4.21. The van der Waals surface area contributed by atoms with Gasteiger partial charge in [0.05, 0.1) is 0 Å². The van der Waals surface area contributed by atoms with Gasteiger partial charge in [-0.05, 0) is 58.3 Å². The predicted molar refractivity (Wildman–Crippen MR) is 87.2 cm³/mol. The van der Waals surface area contributed by atoms with Gasteiger partial charge < -0.3 is 15.1 Å². The summed E-state index contributed by atoms with van der Waals surface area (Å²) in [6.07, 6.45) is 11.4. The van der Waals surface area contributed by atoms with Crippen molar-refractivity contribution >= 4 is 0 Å². The highest BCUT2D eigenvalue weighted by Gasteiger charge is 2.31. The van der Waals surface area contributed by atoms with Crippen LogP contribution in [0.15, 0.2) is 0 Å². The van der Waals surface area contributed by atoms with Crippen molar-refractivity contribution < 1.29 is 0 Å². The predicted octanol–water partition coefficient (Wildman–Crippen LogP) is 2.57. The maximum atomic E-state index is 3.47. The smallest absolute Gasteiger partial charge is 0.0109 e. The Bertz CT molecular complexity index is 253. The summed E-state index contributed by atoms with van der Waals surface area (Å²) in [5.74, 6) is 0. The molecule has 0 spiro atoms. The molecule has 0 bridgehead atoms. The van der Waals surface area contributed by atoms with E-state index in [-0.39, 0.29) is 0 Å². The number of likely N-dealkylation sites (N-methyl/N-ethyl adjacent to an activating group) is 1. The highest BCUT2D eigenvalue weighted by atomic mass is 15.2. The summed E-state index contributed by atoms with van der Waals surface area (Å²) in [5, 5.41) is 3.47. The Hall–Kier alpha value is -0.120. The lowest BCUT2D eigenvalue weighted by Gasteiger charge is -2.37. The van der Waals surface area contributed by atoms with Crippen molar-refractivity contribution in [2.75, 3.05) is 53.4 Å². The topological polar surface area (TPSA) is 18.5 Å². The lowest BCUT2D eigenvalue weighted by atomic mass is 9.79. The highest BCUT2D eigenvalue weighted by molar-refractivity contribution is 4.86. The normalized spacial score (nSPS) is 24.1. The average molecular weight is 281 g/mol. The van der Waals surface area contributed by atoms with Crippen LogP contribution in [0.3, 0.4) is 0 Å². The SMILES string of the molecule is CNCC1(CN(C)CCN2CCCC2)CCCCCC1. The van der Waals surface area contributed by atoms with Gasteiger partial charge in [-0.25, -0.2) is 0 Å². The molecule has 1 heterocycles. The number of likely N-dealkylation sites (tertiary alicyclic amines) is 1. The molecule has 0 atom stereocenters. The van der Waals surface area contributed by atoms with Gasteiger partial charge in [0.25, 0.3) is 0 Å². The zero-order valence-corrected chi connectivity index (χ0v) is 13.8. The molecular weight excluding hydrogens is 246 g/mol. The third kappa shape index (κ3) is 5.01. The van der Waals surface area contributed by atoms with Gasteiger partial charge in [-0.3, -0.25) is 0 Å². The van der Waals surface area contributed by atoms with E-state index in [9.17, 15) is 0 Å². The minimum absolute atomic E-state index is 0.533. The summed E-state index contributed by atoms with van der Waals surface area (Å²) in [6, 6.07) is 0. The fourth-order valence-electron chi connectivity index (χ4n) is 4.21. The van der Waals surface area contributed by atoms with Crippen LogP contribution < -0.4 is 5.32 Å². The molecule has 0 aromatic heterocycles. The first-order valence-corrected chi connectivity index (χ1v) is 8.80. The molecule has 1 aliphatic carbocycles. The molecule has 1 aliphatic heterocycles. The second-order valence-electron chi connectivity index (χ2n) is 7.23. The third-order valence-electron chi connectivity index (χ3n) is 5.32. The Labute approximate surface area is 126 Å². The minimum atomic E-state index is 0.533. The molecule has 0 amide bonds. The molecule has 3 nitrogen and oxygen atoms in total. The summed E-state index contributed by atoms with van der Waals surface area (Å²) >= 11 is 0. The van der Waals surface area contributed by atoms with E-state index in [1.54, 1.807) is 0 Å². The largest absolute Gasteiger partial charge is 0.319 e. The van der Waals surface area contributed by atoms with E-state index < -0.39 is 0 Å². The van der Waals surface area contributed by atoms with Gasteiger partial charge in [0.2, 0.25) is 0 Å². The van der Waals surface area contributed by atoms with Crippen molar-refractivity contribution in [1.82, 2.24) is 15.1 Å². The van der Waals surface area contributed by atoms with Crippen LogP contribution in [0.2, 0.25) is 0 Å². The summed E-state index contributed by atoms with van der Waals surface area (Å²) in [6.45, 7) is 7.64. The van der Waals surface area contributed by atoms with E-state index in [2.05, 4.69) is 29.2 Å². The monoisotopic (exact) mass is 281 g/mol. The molecule has 3 heteroatoms. The third-order valence-corrected chi connectivity index (χ3v) is 5.32. The van der Waals surface area contributed by atoms with Crippen molar-refractivity contribution in [3.05, 3.63) is 0 Å². The maximum Gasteiger partial charge on any atom is 0.0109 e. The molecule has 1 N–H and O–H groups in total. The van der Waals surface area contributed by atoms with Crippen molar-refractivity contribution in [3.63, 3.8) is 0 Å². The van der Waals surface area contributed by atoms with Gasteiger partial charge in [0.15, 0.2) is 0 Å². The van der Waals surface area contributed by atoms with Crippen LogP contribution >= 0.6 is 0 Å². The molecule has 2 fully saturated rings. The van der Waals surface area contributed by atoms with Crippen LogP contribution in [-0.4, -0.2) is 63.2 Å². The number of nitrogens with zero attached hydrogens (tertiary/aromatic N) is 2.